The number of nitrogens with one attached hydrogen (secondary N) is 1. The topological polar surface area (TPSA) is 74.0 Å². The molecule has 4 rings (SSSR count). The maximum Gasteiger partial charge on any atom is 0.328 e. The molecule has 0 aliphatic carbocycles. The Hall–Kier alpha value is -3.40. The van der Waals surface area contributed by atoms with E-state index in [4.69, 9.17) is 4.74 Å². The van der Waals surface area contributed by atoms with Crippen LogP contribution in [0.25, 0.3) is 21.8 Å². The minimum absolute atomic E-state index is 0.0901. The highest BCUT2D eigenvalue weighted by molar-refractivity contribution is 6.01. The number of rotatable bonds is 7. The lowest BCUT2D eigenvalue weighted by molar-refractivity contribution is 0.0136. The Bertz CT molecular complexity index is 1440. The van der Waals surface area contributed by atoms with Gasteiger partial charge < -0.3 is 10.1 Å². The van der Waals surface area contributed by atoms with Gasteiger partial charge in [0.1, 0.15) is 5.82 Å². The van der Waals surface area contributed by atoms with Crippen molar-refractivity contribution < 1.29 is 17.9 Å². The molecule has 1 atom stereocenters. The Balaban J connectivity index is 1.84. The summed E-state index contributed by atoms with van der Waals surface area (Å²) in [6, 6.07) is 6.98. The standard InChI is InChI=1S/C24H26F3N5O2/c1-13(15-7-6-8-18(21(15)25)24(3,26)27)28-22-17-12-20-19(11-16(17)14(2)29-30-22)31(4)23(33)32(20)9-10-34-5/h6-8,11-13H,9-10H2,1-5H3,(H,28,30)/t13-/m1/s1. The van der Waals surface area contributed by atoms with Crippen LogP contribution in [0, 0.1) is 12.7 Å². The number of hydrogen-bond acceptors (Lipinski definition) is 5. The van der Waals surface area contributed by atoms with Crippen LogP contribution in [-0.2, 0) is 24.3 Å². The molecule has 0 saturated heterocycles. The van der Waals surface area contributed by atoms with Crippen LogP contribution in [0.3, 0.4) is 0 Å². The van der Waals surface area contributed by atoms with Crippen LogP contribution in [0.2, 0.25) is 0 Å². The number of halogens is 3. The van der Waals surface area contributed by atoms with Crippen molar-refractivity contribution in [2.24, 2.45) is 7.05 Å². The third-order valence-corrected chi connectivity index (χ3v) is 6.07. The van der Waals surface area contributed by atoms with Crippen LogP contribution < -0.4 is 11.0 Å². The highest BCUT2D eigenvalue weighted by Gasteiger charge is 2.30. The molecule has 4 aromatic rings. The maximum absolute atomic E-state index is 14.9. The van der Waals surface area contributed by atoms with Crippen LogP contribution in [-0.4, -0.2) is 33.0 Å². The molecule has 0 fully saturated rings. The van der Waals surface area contributed by atoms with Gasteiger partial charge in [0.2, 0.25) is 0 Å². The zero-order valence-corrected chi connectivity index (χ0v) is 19.6. The Kier molecular flexibility index (Phi) is 6.11. The van der Waals surface area contributed by atoms with E-state index in [0.29, 0.717) is 42.5 Å². The summed E-state index contributed by atoms with van der Waals surface area (Å²) in [7, 11) is 3.26. The lowest BCUT2D eigenvalue weighted by Crippen LogP contribution is -2.23. The molecule has 2 aromatic heterocycles. The summed E-state index contributed by atoms with van der Waals surface area (Å²) in [6.45, 7) is 4.88. The van der Waals surface area contributed by atoms with E-state index in [1.807, 2.05) is 12.1 Å². The Labute approximate surface area is 194 Å². The average molecular weight is 473 g/mol. The lowest BCUT2D eigenvalue weighted by atomic mass is 10.0. The van der Waals surface area contributed by atoms with Gasteiger partial charge in [-0.15, -0.1) is 5.10 Å². The van der Waals surface area contributed by atoms with Gasteiger partial charge in [0.15, 0.2) is 5.82 Å². The first kappa shape index (κ1) is 23.7. The number of imidazole rings is 1. The quantitative estimate of drug-likeness (QED) is 0.423. The van der Waals surface area contributed by atoms with Crippen molar-refractivity contribution in [3.05, 3.63) is 63.5 Å². The predicted octanol–water partition coefficient (Wildman–Crippen LogP) is 4.66. The van der Waals surface area contributed by atoms with Gasteiger partial charge in [0, 0.05) is 37.4 Å². The monoisotopic (exact) mass is 473 g/mol. The van der Waals surface area contributed by atoms with Crippen LogP contribution in [0.15, 0.2) is 35.1 Å². The number of aromatic nitrogens is 4. The van der Waals surface area contributed by atoms with Gasteiger partial charge in [0.05, 0.1) is 41.5 Å². The minimum atomic E-state index is -3.30. The minimum Gasteiger partial charge on any atom is -0.383 e. The van der Waals surface area contributed by atoms with Gasteiger partial charge in [-0.25, -0.2) is 18.0 Å². The number of hydrogen-bond donors (Lipinski definition) is 1. The van der Waals surface area contributed by atoms with Gasteiger partial charge in [-0.1, -0.05) is 18.2 Å². The molecular formula is C24H26F3N5O2. The number of nitrogens with zero attached hydrogens (tertiary/aromatic N) is 4. The molecule has 0 unspecified atom stereocenters. The molecule has 180 valence electrons. The highest BCUT2D eigenvalue weighted by atomic mass is 19.3. The van der Waals surface area contributed by atoms with Gasteiger partial charge >= 0.3 is 5.69 Å². The van der Waals surface area contributed by atoms with Crippen LogP contribution >= 0.6 is 0 Å². The Morgan fingerprint density at radius 2 is 1.88 bits per heavy atom. The van der Waals surface area contributed by atoms with Crippen LogP contribution in [0.4, 0.5) is 19.0 Å². The van der Waals surface area contributed by atoms with Crippen molar-refractivity contribution in [3.8, 4) is 0 Å². The molecular weight excluding hydrogens is 447 g/mol. The molecule has 0 spiro atoms. The van der Waals surface area contributed by atoms with E-state index >= 15 is 0 Å². The number of alkyl halides is 2. The summed E-state index contributed by atoms with van der Waals surface area (Å²) >= 11 is 0. The number of methoxy groups -OCH3 is 1. The zero-order chi connectivity index (χ0) is 24.8. The van der Waals surface area contributed by atoms with E-state index in [1.165, 1.54) is 12.1 Å². The summed E-state index contributed by atoms with van der Waals surface area (Å²) in [4.78, 5) is 12.8. The van der Waals surface area contributed by atoms with E-state index < -0.39 is 23.3 Å². The molecule has 0 radical (unpaired) electrons. The molecule has 0 bridgehead atoms. The highest BCUT2D eigenvalue weighted by Crippen LogP contribution is 2.34. The normalized spacial score (nSPS) is 13.1. The van der Waals surface area contributed by atoms with E-state index in [1.54, 1.807) is 37.1 Å². The van der Waals surface area contributed by atoms with Crippen molar-refractivity contribution in [3.63, 3.8) is 0 Å². The van der Waals surface area contributed by atoms with Crippen LogP contribution in [0.1, 0.15) is 36.7 Å². The summed E-state index contributed by atoms with van der Waals surface area (Å²) in [6.07, 6.45) is 0. The van der Waals surface area contributed by atoms with Crippen molar-refractivity contribution >= 4 is 27.6 Å². The Morgan fingerprint density at radius 1 is 1.18 bits per heavy atom. The van der Waals surface area contributed by atoms with Gasteiger partial charge in [-0.05, 0) is 26.0 Å². The Morgan fingerprint density at radius 3 is 2.56 bits per heavy atom. The number of fused-ring (bicyclic) bond motifs is 2. The molecule has 0 amide bonds. The molecule has 10 heteroatoms. The number of ether oxygens (including phenoxy) is 1. The first-order valence-electron chi connectivity index (χ1n) is 10.8. The molecule has 1 N–H and O–H groups in total. The van der Waals surface area contributed by atoms with Crippen molar-refractivity contribution in [2.45, 2.75) is 39.3 Å². The largest absolute Gasteiger partial charge is 0.383 e. The molecule has 0 saturated carbocycles. The van der Waals surface area contributed by atoms with E-state index in [2.05, 4.69) is 15.5 Å². The van der Waals surface area contributed by atoms with Gasteiger partial charge in [-0.2, -0.15) is 5.10 Å². The summed E-state index contributed by atoms with van der Waals surface area (Å²) in [5.74, 6) is -3.91. The molecule has 2 heterocycles. The van der Waals surface area contributed by atoms with Crippen molar-refractivity contribution in [1.29, 1.82) is 0 Å². The fraction of sp³-hybridized carbons (Fsp3) is 0.375. The molecule has 0 aliphatic heterocycles. The summed E-state index contributed by atoms with van der Waals surface area (Å²) < 4.78 is 50.9. The second-order valence-electron chi connectivity index (χ2n) is 8.47. The predicted molar refractivity (Wildman–Crippen MR) is 125 cm³/mol. The second kappa shape index (κ2) is 8.75. The summed E-state index contributed by atoms with van der Waals surface area (Å²) in [5.41, 5.74) is 1.33. The molecule has 7 nitrogen and oxygen atoms in total. The van der Waals surface area contributed by atoms with Crippen molar-refractivity contribution in [1.82, 2.24) is 19.3 Å². The first-order valence-corrected chi connectivity index (χ1v) is 10.8. The fourth-order valence-electron chi connectivity index (χ4n) is 4.19. The third kappa shape index (κ3) is 4.02. The van der Waals surface area contributed by atoms with E-state index in [0.717, 1.165) is 17.0 Å². The van der Waals surface area contributed by atoms with Gasteiger partial charge in [-0.3, -0.25) is 9.13 Å². The van der Waals surface area contributed by atoms with E-state index in [-0.39, 0.29) is 11.3 Å². The molecule has 0 aliphatic rings. The summed E-state index contributed by atoms with van der Waals surface area (Å²) in [5, 5.41) is 13.0. The van der Waals surface area contributed by atoms with E-state index in [9.17, 15) is 18.0 Å². The third-order valence-electron chi connectivity index (χ3n) is 6.07. The first-order chi connectivity index (χ1) is 16.0. The number of anilines is 1. The van der Waals surface area contributed by atoms with Crippen molar-refractivity contribution in [2.75, 3.05) is 19.0 Å². The second-order valence-corrected chi connectivity index (χ2v) is 8.47. The zero-order valence-electron chi connectivity index (χ0n) is 19.6. The number of benzene rings is 2. The number of aryl methyl sites for hydroxylation is 2. The lowest BCUT2D eigenvalue weighted by Gasteiger charge is -2.20. The fourth-order valence-corrected chi connectivity index (χ4v) is 4.19. The maximum atomic E-state index is 14.9. The smallest absolute Gasteiger partial charge is 0.328 e. The molecule has 2 aromatic carbocycles. The van der Waals surface area contributed by atoms with Crippen LogP contribution in [0.5, 0.6) is 0 Å². The molecule has 34 heavy (non-hydrogen) atoms. The SMILES string of the molecule is COCCn1c(=O)n(C)c2cc3c(C)nnc(N[C@H](C)c4cccc(C(C)(F)F)c4F)c3cc21. The van der Waals surface area contributed by atoms with Gasteiger partial charge in [0.25, 0.3) is 5.92 Å². The average Bonchev–Trinajstić information content (AvgIpc) is 3.01.